The van der Waals surface area contributed by atoms with Crippen LogP contribution in [0.5, 0.6) is 0 Å². The summed E-state index contributed by atoms with van der Waals surface area (Å²) in [5.74, 6) is -0.217. The highest BCUT2D eigenvalue weighted by Gasteiger charge is 2.16. The van der Waals surface area contributed by atoms with E-state index in [1.165, 1.54) is 12.1 Å². The Kier molecular flexibility index (Phi) is 3.04. The lowest BCUT2D eigenvalue weighted by atomic mass is 9.87. The van der Waals surface area contributed by atoms with Crippen molar-refractivity contribution in [2.75, 3.05) is 6.61 Å². The van der Waals surface area contributed by atoms with Crippen LogP contribution in [0.4, 0.5) is 4.39 Å². The van der Waals surface area contributed by atoms with E-state index in [1.807, 2.05) is 13.8 Å². The van der Waals surface area contributed by atoms with Gasteiger partial charge in [-0.15, -0.1) is 0 Å². The molecule has 0 unspecified atom stereocenters. The summed E-state index contributed by atoms with van der Waals surface area (Å²) in [5, 5.41) is 9.04. The number of rotatable bonds is 3. The number of aliphatic hydroxyl groups excluding tert-OH is 1. The number of hydrogen-bond acceptors (Lipinski definition) is 1. The standard InChI is InChI=1S/C11H15FO/c1-11(2,8-13)7-9-3-5-10(12)6-4-9/h3-6,13H,7-8H2,1-2H3. The first kappa shape index (κ1) is 10.2. The largest absolute Gasteiger partial charge is 0.396 e. The number of benzene rings is 1. The van der Waals surface area contributed by atoms with Gasteiger partial charge >= 0.3 is 0 Å². The summed E-state index contributed by atoms with van der Waals surface area (Å²) in [6.45, 7) is 4.11. The van der Waals surface area contributed by atoms with Gasteiger partial charge in [0.15, 0.2) is 0 Å². The van der Waals surface area contributed by atoms with Crippen molar-refractivity contribution in [2.45, 2.75) is 20.3 Å². The van der Waals surface area contributed by atoms with Gasteiger partial charge in [-0.1, -0.05) is 26.0 Å². The van der Waals surface area contributed by atoms with E-state index in [0.29, 0.717) is 0 Å². The molecule has 0 amide bonds. The van der Waals surface area contributed by atoms with Crippen molar-refractivity contribution < 1.29 is 9.50 Å². The van der Waals surface area contributed by atoms with Crippen molar-refractivity contribution in [1.82, 2.24) is 0 Å². The first-order valence-electron chi connectivity index (χ1n) is 4.39. The van der Waals surface area contributed by atoms with Gasteiger partial charge in [0.1, 0.15) is 5.82 Å². The summed E-state index contributed by atoms with van der Waals surface area (Å²) in [6, 6.07) is 6.41. The summed E-state index contributed by atoms with van der Waals surface area (Å²) in [4.78, 5) is 0. The Balaban J connectivity index is 2.69. The molecule has 2 heteroatoms. The molecule has 0 saturated heterocycles. The topological polar surface area (TPSA) is 20.2 Å². The van der Waals surface area contributed by atoms with Crippen molar-refractivity contribution in [2.24, 2.45) is 5.41 Å². The van der Waals surface area contributed by atoms with E-state index in [-0.39, 0.29) is 17.8 Å². The summed E-state index contributed by atoms with van der Waals surface area (Å²) in [6.07, 6.45) is 0.768. The second-order valence-corrected chi connectivity index (χ2v) is 4.13. The molecule has 0 aliphatic carbocycles. The highest BCUT2D eigenvalue weighted by molar-refractivity contribution is 5.17. The normalized spacial score (nSPS) is 11.7. The average molecular weight is 182 g/mol. The molecule has 1 rings (SSSR count). The van der Waals surface area contributed by atoms with Gasteiger partial charge in [0.05, 0.1) is 0 Å². The molecule has 1 aromatic rings. The van der Waals surface area contributed by atoms with Gasteiger partial charge in [-0.3, -0.25) is 0 Å². The Labute approximate surface area is 78.2 Å². The van der Waals surface area contributed by atoms with Crippen molar-refractivity contribution in [1.29, 1.82) is 0 Å². The van der Waals surface area contributed by atoms with Crippen LogP contribution in [0.2, 0.25) is 0 Å². The second-order valence-electron chi connectivity index (χ2n) is 4.13. The fourth-order valence-corrected chi connectivity index (χ4v) is 1.21. The van der Waals surface area contributed by atoms with E-state index in [1.54, 1.807) is 12.1 Å². The molecular formula is C11H15FO. The molecule has 0 heterocycles. The third-order valence-corrected chi connectivity index (χ3v) is 2.02. The maximum Gasteiger partial charge on any atom is 0.123 e. The van der Waals surface area contributed by atoms with Crippen molar-refractivity contribution in [3.63, 3.8) is 0 Å². The summed E-state index contributed by atoms with van der Waals surface area (Å²) in [7, 11) is 0. The van der Waals surface area contributed by atoms with Crippen LogP contribution >= 0.6 is 0 Å². The molecule has 0 saturated carbocycles. The predicted molar refractivity (Wildman–Crippen MR) is 51.0 cm³/mol. The van der Waals surface area contributed by atoms with Crippen LogP contribution in [0.1, 0.15) is 19.4 Å². The minimum atomic E-state index is -0.217. The summed E-state index contributed by atoms with van der Waals surface area (Å²) >= 11 is 0. The molecule has 0 radical (unpaired) electrons. The van der Waals surface area contributed by atoms with Gasteiger partial charge in [-0.25, -0.2) is 4.39 Å². The molecule has 1 aromatic carbocycles. The van der Waals surface area contributed by atoms with E-state index in [2.05, 4.69) is 0 Å². The van der Waals surface area contributed by atoms with Crippen LogP contribution < -0.4 is 0 Å². The molecule has 0 aliphatic rings. The Morgan fingerprint density at radius 2 is 1.77 bits per heavy atom. The first-order chi connectivity index (χ1) is 6.03. The van der Waals surface area contributed by atoms with Crippen LogP contribution in [0.25, 0.3) is 0 Å². The third-order valence-electron chi connectivity index (χ3n) is 2.02. The second kappa shape index (κ2) is 3.88. The Hall–Kier alpha value is -0.890. The number of aliphatic hydroxyl groups is 1. The van der Waals surface area contributed by atoms with E-state index in [9.17, 15) is 4.39 Å². The molecule has 0 fully saturated rings. The molecule has 0 bridgehead atoms. The fourth-order valence-electron chi connectivity index (χ4n) is 1.21. The van der Waals surface area contributed by atoms with Gasteiger partial charge in [-0.2, -0.15) is 0 Å². The minimum absolute atomic E-state index is 0.127. The van der Waals surface area contributed by atoms with E-state index in [4.69, 9.17) is 5.11 Å². The van der Waals surface area contributed by atoms with Crippen LogP contribution in [-0.2, 0) is 6.42 Å². The van der Waals surface area contributed by atoms with Gasteiger partial charge in [0.25, 0.3) is 0 Å². The maximum atomic E-state index is 12.6. The van der Waals surface area contributed by atoms with Crippen LogP contribution in [0.3, 0.4) is 0 Å². The van der Waals surface area contributed by atoms with E-state index >= 15 is 0 Å². The fraction of sp³-hybridized carbons (Fsp3) is 0.455. The monoisotopic (exact) mass is 182 g/mol. The summed E-state index contributed by atoms with van der Waals surface area (Å²) < 4.78 is 12.6. The zero-order valence-electron chi connectivity index (χ0n) is 8.05. The molecule has 0 aliphatic heterocycles. The molecule has 1 nitrogen and oxygen atoms in total. The molecule has 1 N–H and O–H groups in total. The lowest BCUT2D eigenvalue weighted by molar-refractivity contribution is 0.159. The van der Waals surface area contributed by atoms with E-state index in [0.717, 1.165) is 12.0 Å². The molecule has 0 atom stereocenters. The zero-order chi connectivity index (χ0) is 9.90. The minimum Gasteiger partial charge on any atom is -0.396 e. The number of halogens is 1. The SMILES string of the molecule is CC(C)(CO)Cc1ccc(F)cc1. The third kappa shape index (κ3) is 3.15. The quantitative estimate of drug-likeness (QED) is 0.761. The predicted octanol–water partition coefficient (Wildman–Crippen LogP) is 2.39. The van der Waals surface area contributed by atoms with Gasteiger partial charge < -0.3 is 5.11 Å². The lowest BCUT2D eigenvalue weighted by Gasteiger charge is -2.21. The van der Waals surface area contributed by atoms with Gasteiger partial charge in [-0.05, 0) is 29.5 Å². The van der Waals surface area contributed by atoms with Crippen molar-refractivity contribution in [3.05, 3.63) is 35.6 Å². The highest BCUT2D eigenvalue weighted by Crippen LogP contribution is 2.20. The molecule has 72 valence electrons. The number of hydrogen-bond donors (Lipinski definition) is 1. The Bertz CT molecular complexity index is 264. The Morgan fingerprint density at radius 1 is 1.23 bits per heavy atom. The van der Waals surface area contributed by atoms with Crippen LogP contribution in [-0.4, -0.2) is 11.7 Å². The highest BCUT2D eigenvalue weighted by atomic mass is 19.1. The van der Waals surface area contributed by atoms with E-state index < -0.39 is 0 Å². The Morgan fingerprint density at radius 3 is 2.23 bits per heavy atom. The first-order valence-corrected chi connectivity index (χ1v) is 4.39. The maximum absolute atomic E-state index is 12.6. The van der Waals surface area contributed by atoms with Gasteiger partial charge in [0, 0.05) is 6.61 Å². The zero-order valence-corrected chi connectivity index (χ0v) is 8.05. The summed E-state index contributed by atoms with van der Waals surface area (Å²) in [5.41, 5.74) is 0.929. The molecule has 0 spiro atoms. The van der Waals surface area contributed by atoms with Crippen LogP contribution in [0, 0.1) is 11.2 Å². The van der Waals surface area contributed by atoms with Gasteiger partial charge in [0.2, 0.25) is 0 Å². The average Bonchev–Trinajstić information content (AvgIpc) is 2.09. The molecule has 0 aromatic heterocycles. The molecular weight excluding hydrogens is 167 g/mol. The van der Waals surface area contributed by atoms with Crippen molar-refractivity contribution >= 4 is 0 Å². The molecule has 13 heavy (non-hydrogen) atoms. The van der Waals surface area contributed by atoms with Crippen LogP contribution in [0.15, 0.2) is 24.3 Å². The smallest absolute Gasteiger partial charge is 0.123 e. The lowest BCUT2D eigenvalue weighted by Crippen LogP contribution is -2.19. The van der Waals surface area contributed by atoms with Crippen molar-refractivity contribution in [3.8, 4) is 0 Å².